The highest BCUT2D eigenvalue weighted by molar-refractivity contribution is 6.60. The maximum absolute atomic E-state index is 5.35. The van der Waals surface area contributed by atoms with Gasteiger partial charge < -0.3 is 18.7 Å². The molecular formula is C12H22N2O3Si. The molecule has 0 radical (unpaired) electrons. The first-order valence-corrected chi connectivity index (χ1v) is 7.89. The van der Waals surface area contributed by atoms with Crippen molar-refractivity contribution >= 4 is 14.5 Å². The number of para-hydroxylation sites is 1. The molecule has 18 heavy (non-hydrogen) atoms. The fourth-order valence-corrected chi connectivity index (χ4v) is 3.36. The van der Waals surface area contributed by atoms with Crippen LogP contribution in [-0.2, 0) is 13.3 Å². The van der Waals surface area contributed by atoms with Crippen molar-refractivity contribution in [2.24, 2.45) is 0 Å². The first-order valence-electron chi connectivity index (χ1n) is 5.95. The van der Waals surface area contributed by atoms with E-state index in [-0.39, 0.29) is 0 Å². The molecule has 1 aromatic carbocycles. The Labute approximate surface area is 110 Å². The van der Waals surface area contributed by atoms with E-state index in [1.165, 1.54) is 0 Å². The Kier molecular flexibility index (Phi) is 6.92. The van der Waals surface area contributed by atoms with Crippen LogP contribution in [0.1, 0.15) is 6.42 Å². The van der Waals surface area contributed by atoms with Crippen LogP contribution >= 0.6 is 0 Å². The lowest BCUT2D eigenvalue weighted by atomic mass is 10.3. The SMILES string of the molecule is CO[Si](CCCNNc1ccccc1)(OC)OC. The molecule has 2 N–H and O–H groups in total. The van der Waals surface area contributed by atoms with Gasteiger partial charge in [-0.3, -0.25) is 0 Å². The maximum atomic E-state index is 5.35. The molecule has 0 aliphatic rings. The van der Waals surface area contributed by atoms with Gasteiger partial charge in [-0.2, -0.15) is 0 Å². The summed E-state index contributed by atoms with van der Waals surface area (Å²) in [4.78, 5) is 0. The van der Waals surface area contributed by atoms with E-state index in [4.69, 9.17) is 13.3 Å². The van der Waals surface area contributed by atoms with Crippen LogP contribution in [0.4, 0.5) is 5.69 Å². The van der Waals surface area contributed by atoms with Gasteiger partial charge in [0.25, 0.3) is 0 Å². The molecule has 0 atom stereocenters. The number of hydrogen-bond donors (Lipinski definition) is 2. The normalized spacial score (nSPS) is 11.5. The zero-order chi connectivity index (χ0) is 13.3. The summed E-state index contributed by atoms with van der Waals surface area (Å²) in [5.41, 5.74) is 7.33. The van der Waals surface area contributed by atoms with E-state index in [9.17, 15) is 0 Å². The van der Waals surface area contributed by atoms with Crippen molar-refractivity contribution in [3.05, 3.63) is 30.3 Å². The highest BCUT2D eigenvalue weighted by Gasteiger charge is 2.36. The topological polar surface area (TPSA) is 51.8 Å². The summed E-state index contributed by atoms with van der Waals surface area (Å²) in [5, 5.41) is 0. The lowest BCUT2D eigenvalue weighted by molar-refractivity contribution is 0.123. The molecule has 102 valence electrons. The van der Waals surface area contributed by atoms with Crippen LogP contribution in [0.5, 0.6) is 0 Å². The van der Waals surface area contributed by atoms with Gasteiger partial charge in [0.2, 0.25) is 0 Å². The highest BCUT2D eigenvalue weighted by Crippen LogP contribution is 2.14. The van der Waals surface area contributed by atoms with Crippen LogP contribution < -0.4 is 10.9 Å². The number of hydrazine groups is 1. The second-order valence-corrected chi connectivity index (χ2v) is 6.91. The summed E-state index contributed by atoms with van der Waals surface area (Å²) >= 11 is 0. The Hall–Kier alpha value is -0.923. The number of rotatable bonds is 9. The van der Waals surface area contributed by atoms with Crippen LogP contribution in [0, 0.1) is 0 Å². The van der Waals surface area contributed by atoms with Gasteiger partial charge in [-0.25, -0.2) is 5.43 Å². The Morgan fingerprint density at radius 2 is 1.61 bits per heavy atom. The molecule has 0 saturated heterocycles. The van der Waals surface area contributed by atoms with Crippen LogP contribution in [0.15, 0.2) is 30.3 Å². The lowest BCUT2D eigenvalue weighted by Crippen LogP contribution is -2.43. The van der Waals surface area contributed by atoms with Gasteiger partial charge in [-0.05, 0) is 18.6 Å². The predicted octanol–water partition coefficient (Wildman–Crippen LogP) is 1.87. The zero-order valence-corrected chi connectivity index (χ0v) is 12.2. The Morgan fingerprint density at radius 3 is 2.17 bits per heavy atom. The summed E-state index contributed by atoms with van der Waals surface area (Å²) in [6, 6.07) is 10.8. The van der Waals surface area contributed by atoms with Crippen molar-refractivity contribution in [1.29, 1.82) is 0 Å². The van der Waals surface area contributed by atoms with Crippen molar-refractivity contribution in [2.45, 2.75) is 12.5 Å². The van der Waals surface area contributed by atoms with Crippen molar-refractivity contribution < 1.29 is 13.3 Å². The molecular weight excluding hydrogens is 248 g/mol. The fourth-order valence-electron chi connectivity index (χ4n) is 1.64. The molecule has 0 spiro atoms. The predicted molar refractivity (Wildman–Crippen MR) is 74.3 cm³/mol. The van der Waals surface area contributed by atoms with Gasteiger partial charge in [0.15, 0.2) is 0 Å². The van der Waals surface area contributed by atoms with Gasteiger partial charge in [-0.1, -0.05) is 18.2 Å². The molecule has 0 heterocycles. The van der Waals surface area contributed by atoms with E-state index in [1.54, 1.807) is 21.3 Å². The molecule has 0 aliphatic carbocycles. The average Bonchev–Trinajstić information content (AvgIpc) is 2.45. The summed E-state index contributed by atoms with van der Waals surface area (Å²) < 4.78 is 16.0. The molecule has 0 fully saturated rings. The molecule has 0 amide bonds. The molecule has 0 aromatic heterocycles. The Balaban J connectivity index is 2.18. The quantitative estimate of drug-likeness (QED) is 0.407. The zero-order valence-electron chi connectivity index (χ0n) is 11.2. The molecule has 0 aliphatic heterocycles. The van der Waals surface area contributed by atoms with E-state index < -0.39 is 8.80 Å². The van der Waals surface area contributed by atoms with Gasteiger partial charge in [0.1, 0.15) is 0 Å². The number of hydrogen-bond acceptors (Lipinski definition) is 5. The number of anilines is 1. The minimum absolute atomic E-state index is 0.792. The second kappa shape index (κ2) is 8.23. The first-order chi connectivity index (χ1) is 8.76. The summed E-state index contributed by atoms with van der Waals surface area (Å²) in [5.74, 6) is 0. The highest BCUT2D eigenvalue weighted by atomic mass is 28.4. The molecule has 1 aromatic rings. The number of nitrogens with one attached hydrogen (secondary N) is 2. The summed E-state index contributed by atoms with van der Waals surface area (Å²) in [7, 11) is 2.49. The fraction of sp³-hybridized carbons (Fsp3) is 0.500. The Morgan fingerprint density at radius 1 is 1.00 bits per heavy atom. The van der Waals surface area contributed by atoms with Crippen molar-refractivity contribution in [3.8, 4) is 0 Å². The summed E-state index contributed by atoms with van der Waals surface area (Å²) in [6.07, 6.45) is 0.918. The lowest BCUT2D eigenvalue weighted by Gasteiger charge is -2.24. The van der Waals surface area contributed by atoms with Gasteiger partial charge in [0.05, 0.1) is 0 Å². The van der Waals surface area contributed by atoms with Gasteiger partial charge in [-0.15, -0.1) is 0 Å². The minimum atomic E-state index is -2.41. The van der Waals surface area contributed by atoms with E-state index in [0.717, 1.165) is 24.7 Å². The van der Waals surface area contributed by atoms with Crippen molar-refractivity contribution in [3.63, 3.8) is 0 Å². The van der Waals surface area contributed by atoms with E-state index >= 15 is 0 Å². The van der Waals surface area contributed by atoms with E-state index in [2.05, 4.69) is 10.9 Å². The second-order valence-electron chi connectivity index (χ2n) is 3.82. The van der Waals surface area contributed by atoms with Crippen LogP contribution in [0.2, 0.25) is 6.04 Å². The average molecular weight is 270 g/mol. The first kappa shape index (κ1) is 15.1. The smallest absolute Gasteiger partial charge is 0.377 e. The maximum Gasteiger partial charge on any atom is 0.500 e. The minimum Gasteiger partial charge on any atom is -0.377 e. The van der Waals surface area contributed by atoms with Crippen molar-refractivity contribution in [1.82, 2.24) is 5.43 Å². The van der Waals surface area contributed by atoms with Crippen LogP contribution in [-0.4, -0.2) is 36.7 Å². The van der Waals surface area contributed by atoms with E-state index in [1.807, 2.05) is 30.3 Å². The third-order valence-electron chi connectivity index (χ3n) is 2.72. The monoisotopic (exact) mass is 270 g/mol. The molecule has 6 heteroatoms. The number of benzene rings is 1. The Bertz CT molecular complexity index is 312. The third-order valence-corrected chi connectivity index (χ3v) is 5.56. The summed E-state index contributed by atoms with van der Waals surface area (Å²) in [6.45, 7) is 0.819. The molecule has 5 nitrogen and oxygen atoms in total. The largest absolute Gasteiger partial charge is 0.500 e. The van der Waals surface area contributed by atoms with Crippen LogP contribution in [0.25, 0.3) is 0 Å². The van der Waals surface area contributed by atoms with Gasteiger partial charge in [0, 0.05) is 39.6 Å². The van der Waals surface area contributed by atoms with Crippen molar-refractivity contribution in [2.75, 3.05) is 33.3 Å². The molecule has 0 bridgehead atoms. The molecule has 0 unspecified atom stereocenters. The molecule has 0 saturated carbocycles. The molecule has 1 rings (SSSR count). The van der Waals surface area contributed by atoms with Crippen LogP contribution in [0.3, 0.4) is 0 Å². The van der Waals surface area contributed by atoms with E-state index in [0.29, 0.717) is 0 Å². The third kappa shape index (κ3) is 4.75. The van der Waals surface area contributed by atoms with Gasteiger partial charge >= 0.3 is 8.80 Å². The standard InChI is InChI=1S/C12H22N2O3Si/c1-15-18(16-2,17-3)11-7-10-13-14-12-8-5-4-6-9-12/h4-6,8-9,13-14H,7,10-11H2,1-3H3.